The van der Waals surface area contributed by atoms with Crippen LogP contribution in [0, 0.1) is 0 Å². The fraction of sp³-hybridized carbons (Fsp3) is 0.222. The predicted molar refractivity (Wildman–Crippen MR) is 108 cm³/mol. The monoisotopic (exact) mass is 425 g/mol. The van der Waals surface area contributed by atoms with Crippen molar-refractivity contribution in [2.24, 2.45) is 5.14 Å². The van der Waals surface area contributed by atoms with Gasteiger partial charge in [-0.15, -0.1) is 0 Å². The normalized spacial score (nSPS) is 13.4. The molecule has 0 radical (unpaired) electrons. The fourth-order valence-electron chi connectivity index (χ4n) is 2.37. The van der Waals surface area contributed by atoms with E-state index in [2.05, 4.69) is 10.6 Å². The molecule has 0 aliphatic rings. The Labute approximate surface area is 168 Å². The summed E-state index contributed by atoms with van der Waals surface area (Å²) >= 11 is 6.02. The minimum absolute atomic E-state index is 0.0439. The molecule has 8 nitrogen and oxygen atoms in total. The number of carbonyl (C=O) groups excluding carboxylic acids is 2. The summed E-state index contributed by atoms with van der Waals surface area (Å²) in [5.74, 6) is -0.589. The van der Waals surface area contributed by atoms with Crippen molar-refractivity contribution in [2.75, 3.05) is 24.2 Å². The zero-order valence-electron chi connectivity index (χ0n) is 15.4. The van der Waals surface area contributed by atoms with E-state index >= 15 is 0 Å². The Morgan fingerprint density at radius 2 is 1.71 bits per heavy atom. The van der Waals surface area contributed by atoms with Crippen molar-refractivity contribution in [3.8, 4) is 0 Å². The van der Waals surface area contributed by atoms with Gasteiger partial charge in [0, 0.05) is 5.69 Å². The molecule has 2 atom stereocenters. The number of nitrogens with one attached hydrogen (secondary N) is 3. The van der Waals surface area contributed by atoms with Crippen LogP contribution < -0.4 is 20.7 Å². The molecule has 0 fully saturated rings. The van der Waals surface area contributed by atoms with Crippen molar-refractivity contribution in [3.05, 3.63) is 53.6 Å². The van der Waals surface area contributed by atoms with Gasteiger partial charge in [0.25, 0.3) is 11.8 Å². The average Bonchev–Trinajstić information content (AvgIpc) is 2.62. The van der Waals surface area contributed by atoms with Crippen LogP contribution in [0.3, 0.4) is 0 Å². The lowest BCUT2D eigenvalue weighted by atomic mass is 10.2. The fourth-order valence-corrected chi connectivity index (χ4v) is 3.06. The number of carbonyl (C=O) groups is 2. The number of primary sulfonamides is 1. The van der Waals surface area contributed by atoms with Gasteiger partial charge in [0.1, 0.15) is 0 Å². The van der Waals surface area contributed by atoms with Crippen molar-refractivity contribution in [2.45, 2.75) is 17.9 Å². The summed E-state index contributed by atoms with van der Waals surface area (Å²) in [7, 11) is -2.07. The maximum absolute atomic E-state index is 12.4. The molecule has 0 aliphatic carbocycles. The zero-order valence-corrected chi connectivity index (χ0v) is 17.0. The van der Waals surface area contributed by atoms with Crippen molar-refractivity contribution in [1.29, 1.82) is 0 Å². The van der Waals surface area contributed by atoms with Gasteiger partial charge in [-0.25, -0.2) is 13.6 Å². The van der Waals surface area contributed by atoms with Crippen molar-refractivity contribution >= 4 is 44.8 Å². The molecule has 0 heterocycles. The summed E-state index contributed by atoms with van der Waals surface area (Å²) in [6.07, 6.45) is 0. The quantitative estimate of drug-likeness (QED) is 0.514. The largest absolute Gasteiger partial charge is 0.321 e. The topological polar surface area (TPSA) is 123 Å². The van der Waals surface area contributed by atoms with Gasteiger partial charge < -0.3 is 15.5 Å². The summed E-state index contributed by atoms with van der Waals surface area (Å²) in [5, 5.41) is 10.9. The molecular weight excluding hydrogens is 404 g/mol. The van der Waals surface area contributed by atoms with Gasteiger partial charge in [0.05, 0.1) is 22.7 Å². The summed E-state index contributed by atoms with van der Waals surface area (Å²) in [4.78, 5) is 25.2. The number of halogens is 1. The van der Waals surface area contributed by atoms with E-state index in [1.807, 2.05) is 0 Å². The number of amides is 2. The predicted octanol–water partition coefficient (Wildman–Crippen LogP) is 0.468. The summed E-state index contributed by atoms with van der Waals surface area (Å²) in [6, 6.07) is 11.9. The molecular formula is C18H22ClN4O4S+. The van der Waals surface area contributed by atoms with E-state index in [1.54, 1.807) is 38.2 Å². The second kappa shape index (κ2) is 9.16. The molecule has 10 heteroatoms. The molecule has 1 unspecified atom stereocenters. The highest BCUT2D eigenvalue weighted by atomic mass is 35.5. The van der Waals surface area contributed by atoms with Crippen LogP contribution in [0.2, 0.25) is 5.02 Å². The first-order chi connectivity index (χ1) is 13.1. The molecule has 0 aromatic heterocycles. The number of nitrogens with two attached hydrogens (primary N) is 1. The molecule has 2 amide bonds. The van der Waals surface area contributed by atoms with E-state index in [9.17, 15) is 18.0 Å². The van der Waals surface area contributed by atoms with Crippen molar-refractivity contribution < 1.29 is 22.9 Å². The molecule has 2 rings (SSSR count). The van der Waals surface area contributed by atoms with E-state index < -0.39 is 16.1 Å². The van der Waals surface area contributed by atoms with Gasteiger partial charge in [0.2, 0.25) is 10.0 Å². The first-order valence-electron chi connectivity index (χ1n) is 8.38. The summed E-state index contributed by atoms with van der Waals surface area (Å²) in [5.41, 5.74) is 0.937. The third kappa shape index (κ3) is 6.03. The molecule has 5 N–H and O–H groups in total. The Bertz CT molecular complexity index is 964. The molecule has 0 saturated heterocycles. The maximum atomic E-state index is 12.4. The molecule has 28 heavy (non-hydrogen) atoms. The highest BCUT2D eigenvalue weighted by molar-refractivity contribution is 7.89. The molecule has 0 bridgehead atoms. The zero-order chi connectivity index (χ0) is 20.9. The number of rotatable bonds is 7. The first-order valence-corrected chi connectivity index (χ1v) is 10.3. The van der Waals surface area contributed by atoms with E-state index in [0.29, 0.717) is 21.3 Å². The number of sulfonamides is 1. The maximum Gasteiger partial charge on any atom is 0.282 e. The van der Waals surface area contributed by atoms with Gasteiger partial charge >= 0.3 is 0 Å². The smallest absolute Gasteiger partial charge is 0.282 e. The van der Waals surface area contributed by atoms with E-state index in [4.69, 9.17) is 16.7 Å². The third-order valence-electron chi connectivity index (χ3n) is 4.17. The van der Waals surface area contributed by atoms with E-state index in [0.717, 1.165) is 0 Å². The number of hydrogen-bond acceptors (Lipinski definition) is 4. The van der Waals surface area contributed by atoms with Crippen LogP contribution in [-0.4, -0.2) is 39.9 Å². The van der Waals surface area contributed by atoms with E-state index in [-0.39, 0.29) is 23.3 Å². The minimum Gasteiger partial charge on any atom is -0.321 e. The molecule has 0 saturated carbocycles. The standard InChI is InChI=1S/C18H21ClN4O4S/c1-12(18(25)21-13-7-9-14(10-8-13)28(20,26)27)23(2)11-17(24)22-16-6-4-3-5-15(16)19/h3-10,12H,11H2,1-2H3,(H,21,25)(H,22,24)(H2,20,26,27)/p+1/t12-/m0/s1. The number of likely N-dealkylation sites (N-methyl/N-ethyl adjacent to an activating group) is 1. The Morgan fingerprint density at radius 3 is 2.29 bits per heavy atom. The SMILES string of the molecule is C[C@@H](C(=O)Nc1ccc(S(N)(=O)=O)cc1)[NH+](C)CC(=O)Nc1ccccc1Cl. The Balaban J connectivity index is 1.93. The van der Waals surface area contributed by atoms with Gasteiger partial charge in [-0.05, 0) is 43.3 Å². The number of benzene rings is 2. The lowest BCUT2D eigenvalue weighted by Gasteiger charge is -2.20. The lowest BCUT2D eigenvalue weighted by Crippen LogP contribution is -3.14. The number of para-hydroxylation sites is 1. The van der Waals surface area contributed by atoms with Crippen molar-refractivity contribution in [1.82, 2.24) is 0 Å². The second-order valence-corrected chi connectivity index (χ2v) is 8.30. The molecule has 2 aromatic rings. The third-order valence-corrected chi connectivity index (χ3v) is 5.43. The Kier molecular flexibility index (Phi) is 7.14. The average molecular weight is 426 g/mol. The molecule has 0 spiro atoms. The van der Waals surface area contributed by atoms with Gasteiger partial charge in [-0.2, -0.15) is 0 Å². The summed E-state index contributed by atoms with van der Waals surface area (Å²) in [6.45, 7) is 1.75. The van der Waals surface area contributed by atoms with Crippen molar-refractivity contribution in [3.63, 3.8) is 0 Å². The summed E-state index contributed by atoms with van der Waals surface area (Å²) < 4.78 is 22.5. The number of quaternary nitrogens is 1. The molecule has 2 aromatic carbocycles. The second-order valence-electron chi connectivity index (χ2n) is 6.33. The van der Waals surface area contributed by atoms with Crippen LogP contribution in [0.15, 0.2) is 53.4 Å². The van der Waals surface area contributed by atoms with Crippen LogP contribution in [0.25, 0.3) is 0 Å². The van der Waals surface area contributed by atoms with Crippen LogP contribution in [0.5, 0.6) is 0 Å². The van der Waals surface area contributed by atoms with Crippen LogP contribution >= 0.6 is 11.6 Å². The highest BCUT2D eigenvalue weighted by Gasteiger charge is 2.24. The number of anilines is 2. The van der Waals surface area contributed by atoms with Crippen LogP contribution in [-0.2, 0) is 19.6 Å². The van der Waals surface area contributed by atoms with Crippen LogP contribution in [0.1, 0.15) is 6.92 Å². The lowest BCUT2D eigenvalue weighted by molar-refractivity contribution is -0.885. The Hall–Kier alpha value is -2.46. The molecule has 150 valence electrons. The molecule has 0 aliphatic heterocycles. The van der Waals surface area contributed by atoms with Crippen LogP contribution in [0.4, 0.5) is 11.4 Å². The number of hydrogen-bond donors (Lipinski definition) is 4. The minimum atomic E-state index is -3.79. The first kappa shape index (κ1) is 21.8. The Morgan fingerprint density at radius 1 is 1.11 bits per heavy atom. The van der Waals surface area contributed by atoms with Gasteiger partial charge in [-0.1, -0.05) is 23.7 Å². The van der Waals surface area contributed by atoms with E-state index in [1.165, 1.54) is 24.3 Å². The van der Waals surface area contributed by atoms with Gasteiger partial charge in [0.15, 0.2) is 12.6 Å². The highest BCUT2D eigenvalue weighted by Crippen LogP contribution is 2.19. The van der Waals surface area contributed by atoms with Gasteiger partial charge in [-0.3, -0.25) is 9.59 Å².